The van der Waals surface area contributed by atoms with E-state index in [1.807, 2.05) is 13.1 Å². The lowest BCUT2D eigenvalue weighted by atomic mass is 10.1. The largest absolute Gasteiger partial charge is 0.355 e. The van der Waals surface area contributed by atoms with Crippen LogP contribution in [0.25, 0.3) is 0 Å². The molecule has 1 aromatic heterocycles. The summed E-state index contributed by atoms with van der Waals surface area (Å²) in [5, 5.41) is 9.51. The zero-order chi connectivity index (χ0) is 10.4. The van der Waals surface area contributed by atoms with Crippen molar-refractivity contribution in [2.75, 3.05) is 13.1 Å². The van der Waals surface area contributed by atoms with Gasteiger partial charge in [0.2, 0.25) is 5.91 Å². The Hall–Kier alpha value is -1.36. The molecule has 0 atom stereocenters. The second-order valence-electron chi connectivity index (χ2n) is 3.18. The number of carbonyl (C=O) groups is 1. The lowest BCUT2D eigenvalue weighted by Gasteiger charge is -2.02. The van der Waals surface area contributed by atoms with Gasteiger partial charge in [0.15, 0.2) is 0 Å². The number of hydrogen-bond donors (Lipinski definition) is 3. The van der Waals surface area contributed by atoms with Gasteiger partial charge in [-0.05, 0) is 25.3 Å². The van der Waals surface area contributed by atoms with E-state index in [-0.39, 0.29) is 12.5 Å². The summed E-state index contributed by atoms with van der Waals surface area (Å²) in [6, 6.07) is 0. The molecule has 0 bridgehead atoms. The third-order valence-electron chi connectivity index (χ3n) is 2.06. The van der Waals surface area contributed by atoms with Crippen LogP contribution in [0.4, 0.5) is 0 Å². The first-order valence-electron chi connectivity index (χ1n) is 4.69. The maximum absolute atomic E-state index is 10.8. The maximum atomic E-state index is 10.8. The normalized spacial score (nSPS) is 10.1. The van der Waals surface area contributed by atoms with Gasteiger partial charge in [0.05, 0.1) is 12.7 Å². The van der Waals surface area contributed by atoms with E-state index in [0.717, 1.165) is 18.5 Å². The van der Waals surface area contributed by atoms with E-state index in [1.165, 1.54) is 5.56 Å². The van der Waals surface area contributed by atoms with Gasteiger partial charge >= 0.3 is 0 Å². The predicted octanol–water partition coefficient (Wildman–Crippen LogP) is -0.274. The summed E-state index contributed by atoms with van der Waals surface area (Å²) < 4.78 is 0. The standard InChI is InChI=1S/C9H16N4O/c1-7-8(6-12-13-7)3-2-4-11-9(14)5-10/h6H,2-5,10H2,1H3,(H,11,14)(H,12,13). The summed E-state index contributed by atoms with van der Waals surface area (Å²) in [4.78, 5) is 10.8. The highest BCUT2D eigenvalue weighted by Gasteiger charge is 2.00. The molecule has 0 aliphatic carbocycles. The van der Waals surface area contributed by atoms with Crippen molar-refractivity contribution in [1.29, 1.82) is 0 Å². The number of amides is 1. The molecule has 5 heteroatoms. The molecule has 0 aliphatic heterocycles. The first kappa shape index (κ1) is 10.7. The SMILES string of the molecule is Cc1[nH]ncc1CCCNC(=O)CN. The van der Waals surface area contributed by atoms with E-state index in [4.69, 9.17) is 5.73 Å². The van der Waals surface area contributed by atoms with Crippen molar-refractivity contribution in [3.8, 4) is 0 Å². The van der Waals surface area contributed by atoms with E-state index >= 15 is 0 Å². The van der Waals surface area contributed by atoms with Crippen molar-refractivity contribution in [3.05, 3.63) is 17.5 Å². The number of nitrogens with zero attached hydrogens (tertiary/aromatic N) is 1. The van der Waals surface area contributed by atoms with Crippen molar-refractivity contribution in [2.45, 2.75) is 19.8 Å². The summed E-state index contributed by atoms with van der Waals surface area (Å²) in [5.74, 6) is -0.103. The van der Waals surface area contributed by atoms with Crippen LogP contribution < -0.4 is 11.1 Å². The van der Waals surface area contributed by atoms with Gasteiger partial charge in [0.25, 0.3) is 0 Å². The second kappa shape index (κ2) is 5.39. The first-order valence-corrected chi connectivity index (χ1v) is 4.69. The van der Waals surface area contributed by atoms with Crippen LogP contribution in [0.15, 0.2) is 6.20 Å². The fourth-order valence-corrected chi connectivity index (χ4v) is 1.21. The summed E-state index contributed by atoms with van der Waals surface area (Å²) in [7, 11) is 0. The molecular formula is C9H16N4O. The molecular weight excluding hydrogens is 180 g/mol. The zero-order valence-electron chi connectivity index (χ0n) is 8.34. The molecule has 78 valence electrons. The van der Waals surface area contributed by atoms with Gasteiger partial charge in [-0.15, -0.1) is 0 Å². The fourth-order valence-electron chi connectivity index (χ4n) is 1.21. The molecule has 0 aromatic carbocycles. The van der Waals surface area contributed by atoms with Gasteiger partial charge in [-0.1, -0.05) is 0 Å². The molecule has 0 fully saturated rings. The Balaban J connectivity index is 2.16. The number of nitrogens with two attached hydrogens (primary N) is 1. The third-order valence-corrected chi connectivity index (χ3v) is 2.06. The summed E-state index contributed by atoms with van der Waals surface area (Å²) in [6.07, 6.45) is 3.65. The van der Waals surface area contributed by atoms with Crippen LogP contribution in [-0.2, 0) is 11.2 Å². The molecule has 0 spiro atoms. The van der Waals surface area contributed by atoms with Crippen LogP contribution in [0.3, 0.4) is 0 Å². The zero-order valence-corrected chi connectivity index (χ0v) is 8.34. The monoisotopic (exact) mass is 196 g/mol. The highest BCUT2D eigenvalue weighted by atomic mass is 16.1. The van der Waals surface area contributed by atoms with Crippen molar-refractivity contribution >= 4 is 5.91 Å². The number of carbonyl (C=O) groups excluding carboxylic acids is 1. The van der Waals surface area contributed by atoms with Crippen LogP contribution in [0.5, 0.6) is 0 Å². The predicted molar refractivity (Wildman–Crippen MR) is 53.7 cm³/mol. The van der Waals surface area contributed by atoms with Crippen molar-refractivity contribution in [1.82, 2.24) is 15.5 Å². The minimum Gasteiger partial charge on any atom is -0.355 e. The summed E-state index contributed by atoms with van der Waals surface area (Å²) >= 11 is 0. The molecule has 1 amide bonds. The maximum Gasteiger partial charge on any atom is 0.233 e. The number of rotatable bonds is 5. The fraction of sp³-hybridized carbons (Fsp3) is 0.556. The molecule has 14 heavy (non-hydrogen) atoms. The number of aromatic nitrogens is 2. The van der Waals surface area contributed by atoms with Crippen LogP contribution >= 0.6 is 0 Å². The number of aromatic amines is 1. The van der Waals surface area contributed by atoms with Crippen LogP contribution in [0.2, 0.25) is 0 Å². The molecule has 0 saturated heterocycles. The Kier molecular flexibility index (Phi) is 4.12. The average molecular weight is 196 g/mol. The summed E-state index contributed by atoms with van der Waals surface area (Å²) in [5.41, 5.74) is 7.44. The van der Waals surface area contributed by atoms with Crippen molar-refractivity contribution < 1.29 is 4.79 Å². The Morgan fingerprint density at radius 3 is 3.07 bits per heavy atom. The third kappa shape index (κ3) is 3.18. The van der Waals surface area contributed by atoms with Gasteiger partial charge in [0, 0.05) is 12.2 Å². The number of H-pyrrole nitrogens is 1. The van der Waals surface area contributed by atoms with E-state index in [2.05, 4.69) is 15.5 Å². The topological polar surface area (TPSA) is 83.8 Å². The van der Waals surface area contributed by atoms with E-state index in [1.54, 1.807) is 0 Å². The minimum atomic E-state index is -0.103. The molecule has 1 aromatic rings. The quantitative estimate of drug-likeness (QED) is 0.567. The molecule has 0 saturated carbocycles. The van der Waals surface area contributed by atoms with Gasteiger partial charge in [0.1, 0.15) is 0 Å². The van der Waals surface area contributed by atoms with Gasteiger partial charge < -0.3 is 11.1 Å². The molecule has 5 nitrogen and oxygen atoms in total. The highest BCUT2D eigenvalue weighted by Crippen LogP contribution is 2.04. The second-order valence-corrected chi connectivity index (χ2v) is 3.18. The van der Waals surface area contributed by atoms with Gasteiger partial charge in [-0.2, -0.15) is 5.10 Å². The Morgan fingerprint density at radius 1 is 1.71 bits per heavy atom. The van der Waals surface area contributed by atoms with Gasteiger partial charge in [-0.25, -0.2) is 0 Å². The lowest BCUT2D eigenvalue weighted by Crippen LogP contribution is -2.31. The average Bonchev–Trinajstić information content (AvgIpc) is 2.58. The first-order chi connectivity index (χ1) is 6.74. The minimum absolute atomic E-state index is 0.0603. The summed E-state index contributed by atoms with van der Waals surface area (Å²) in [6.45, 7) is 2.71. The molecule has 0 radical (unpaired) electrons. The smallest absolute Gasteiger partial charge is 0.233 e. The highest BCUT2D eigenvalue weighted by molar-refractivity contribution is 5.77. The lowest BCUT2D eigenvalue weighted by molar-refractivity contribution is -0.119. The van der Waals surface area contributed by atoms with Crippen molar-refractivity contribution in [3.63, 3.8) is 0 Å². The van der Waals surface area contributed by atoms with Gasteiger partial charge in [-0.3, -0.25) is 9.89 Å². The van der Waals surface area contributed by atoms with Crippen LogP contribution in [0.1, 0.15) is 17.7 Å². The van der Waals surface area contributed by atoms with Crippen molar-refractivity contribution in [2.24, 2.45) is 5.73 Å². The molecule has 4 N–H and O–H groups in total. The number of nitrogens with one attached hydrogen (secondary N) is 2. The molecule has 0 aliphatic rings. The number of aryl methyl sites for hydroxylation is 2. The van der Waals surface area contributed by atoms with Crippen LogP contribution in [0, 0.1) is 6.92 Å². The molecule has 0 unspecified atom stereocenters. The van der Waals surface area contributed by atoms with Crippen LogP contribution in [-0.4, -0.2) is 29.2 Å². The van der Waals surface area contributed by atoms with E-state index in [9.17, 15) is 4.79 Å². The molecule has 1 heterocycles. The Morgan fingerprint density at radius 2 is 2.50 bits per heavy atom. The Labute approximate surface area is 83.1 Å². The van der Waals surface area contributed by atoms with E-state index in [0.29, 0.717) is 6.54 Å². The number of hydrogen-bond acceptors (Lipinski definition) is 3. The Bertz CT molecular complexity index is 295. The van der Waals surface area contributed by atoms with E-state index < -0.39 is 0 Å². The molecule has 1 rings (SSSR count).